The van der Waals surface area contributed by atoms with Gasteiger partial charge in [-0.1, -0.05) is 37.5 Å². The van der Waals surface area contributed by atoms with E-state index in [0.29, 0.717) is 53.9 Å². The average Bonchev–Trinajstić information content (AvgIpc) is 2.70. The van der Waals surface area contributed by atoms with Gasteiger partial charge in [-0.2, -0.15) is 0 Å². The number of carbonyl (C=O) groups is 1. The van der Waals surface area contributed by atoms with Crippen molar-refractivity contribution >= 4 is 21.8 Å². The van der Waals surface area contributed by atoms with Crippen LogP contribution in [0.3, 0.4) is 0 Å². The fraction of sp³-hybridized carbons (Fsp3) is 0.500. The van der Waals surface area contributed by atoms with Gasteiger partial charge >= 0.3 is 0 Å². The zero-order chi connectivity index (χ0) is 22.0. The third-order valence-corrected chi connectivity index (χ3v) is 7.38. The average molecular weight is 491 g/mol. The van der Waals surface area contributed by atoms with E-state index in [1.165, 1.54) is 36.0 Å². The van der Waals surface area contributed by atoms with Crippen molar-refractivity contribution in [3.8, 4) is 11.1 Å². The van der Waals surface area contributed by atoms with E-state index in [1.807, 2.05) is 4.90 Å². The lowest BCUT2D eigenvalue weighted by Crippen LogP contribution is -2.49. The molecule has 1 aliphatic carbocycles. The first-order valence-electron chi connectivity index (χ1n) is 11.0. The maximum absolute atomic E-state index is 14.1. The molecule has 0 atom stereocenters. The van der Waals surface area contributed by atoms with Gasteiger partial charge in [0.05, 0.1) is 12.1 Å². The van der Waals surface area contributed by atoms with Gasteiger partial charge in [-0.25, -0.2) is 4.39 Å². The highest BCUT2D eigenvalue weighted by atomic mass is 79.9. The van der Waals surface area contributed by atoms with Crippen LogP contribution in [0, 0.1) is 11.7 Å². The molecule has 5 nitrogen and oxygen atoms in total. The molecule has 31 heavy (non-hydrogen) atoms. The predicted molar refractivity (Wildman–Crippen MR) is 121 cm³/mol. The van der Waals surface area contributed by atoms with Crippen molar-refractivity contribution in [2.45, 2.75) is 57.1 Å². The van der Waals surface area contributed by atoms with E-state index >= 15 is 0 Å². The van der Waals surface area contributed by atoms with Crippen LogP contribution in [0.2, 0.25) is 0 Å². The number of hydrogen-bond donors (Lipinski definition) is 1. The van der Waals surface area contributed by atoms with Gasteiger partial charge in [-0.05, 0) is 47.2 Å². The smallest absolute Gasteiger partial charge is 0.251 e. The Kier molecular flexibility index (Phi) is 6.63. The second-order valence-corrected chi connectivity index (χ2v) is 9.78. The maximum atomic E-state index is 14.1. The van der Waals surface area contributed by atoms with Gasteiger partial charge < -0.3 is 14.6 Å². The lowest BCUT2D eigenvalue weighted by atomic mass is 9.82. The van der Waals surface area contributed by atoms with Crippen LogP contribution < -0.4 is 5.56 Å². The third-order valence-electron chi connectivity index (χ3n) is 6.74. The minimum absolute atomic E-state index is 0.145. The molecule has 1 saturated carbocycles. The van der Waals surface area contributed by atoms with E-state index < -0.39 is 11.4 Å². The van der Waals surface area contributed by atoms with E-state index in [1.54, 1.807) is 24.4 Å². The fourth-order valence-electron chi connectivity index (χ4n) is 4.47. The van der Waals surface area contributed by atoms with Gasteiger partial charge in [-0.3, -0.25) is 9.59 Å². The highest BCUT2D eigenvalue weighted by Crippen LogP contribution is 2.32. The van der Waals surface area contributed by atoms with Gasteiger partial charge in [0, 0.05) is 47.4 Å². The van der Waals surface area contributed by atoms with Gasteiger partial charge in [-0.15, -0.1) is 0 Å². The van der Waals surface area contributed by atoms with E-state index in [-0.39, 0.29) is 18.0 Å². The summed E-state index contributed by atoms with van der Waals surface area (Å²) in [4.78, 5) is 27.0. The summed E-state index contributed by atoms with van der Waals surface area (Å²) < 4.78 is 16.2. The number of pyridine rings is 1. The zero-order valence-corrected chi connectivity index (χ0v) is 19.1. The van der Waals surface area contributed by atoms with Crippen LogP contribution in [0.4, 0.5) is 4.39 Å². The summed E-state index contributed by atoms with van der Waals surface area (Å²) in [6.07, 6.45) is 7.80. The first-order valence-corrected chi connectivity index (χ1v) is 11.8. The van der Waals surface area contributed by atoms with Crippen molar-refractivity contribution < 1.29 is 14.3 Å². The first kappa shape index (κ1) is 22.2. The minimum atomic E-state index is -1.05. The van der Waals surface area contributed by atoms with E-state index in [9.17, 15) is 19.1 Å². The van der Waals surface area contributed by atoms with Crippen molar-refractivity contribution in [3.63, 3.8) is 0 Å². The van der Waals surface area contributed by atoms with Crippen LogP contribution in [0.5, 0.6) is 0 Å². The van der Waals surface area contributed by atoms with E-state index in [2.05, 4.69) is 15.9 Å². The molecule has 1 aromatic heterocycles. The van der Waals surface area contributed by atoms with Crippen LogP contribution >= 0.6 is 15.9 Å². The summed E-state index contributed by atoms with van der Waals surface area (Å²) in [6.45, 7) is 1.15. The molecule has 1 amide bonds. The Labute approximate surface area is 190 Å². The number of aromatic nitrogens is 1. The number of halogens is 2. The number of piperidine rings is 1. The lowest BCUT2D eigenvalue weighted by Gasteiger charge is -2.39. The molecule has 1 N–H and O–H groups in total. The summed E-state index contributed by atoms with van der Waals surface area (Å²) in [7, 11) is 0. The fourth-order valence-corrected chi connectivity index (χ4v) is 5.04. The molecule has 2 aliphatic rings. The Morgan fingerprint density at radius 1 is 1.19 bits per heavy atom. The Hall–Kier alpha value is -1.99. The number of benzene rings is 1. The Morgan fingerprint density at radius 2 is 1.90 bits per heavy atom. The molecule has 1 aromatic carbocycles. The molecular formula is C24H28BrFN2O3. The quantitative estimate of drug-likeness (QED) is 0.654. The molecule has 0 bridgehead atoms. The van der Waals surface area contributed by atoms with Crippen molar-refractivity contribution in [3.05, 3.63) is 57.2 Å². The van der Waals surface area contributed by atoms with E-state index in [0.717, 1.165) is 6.42 Å². The molecule has 0 spiro atoms. The van der Waals surface area contributed by atoms with Gasteiger partial charge in [0.25, 0.3) is 5.56 Å². The van der Waals surface area contributed by atoms with Gasteiger partial charge in [0.2, 0.25) is 5.91 Å². The van der Waals surface area contributed by atoms with Crippen molar-refractivity contribution in [2.75, 3.05) is 13.1 Å². The highest BCUT2D eigenvalue weighted by Gasteiger charge is 2.34. The van der Waals surface area contributed by atoms with Gasteiger partial charge in [0.1, 0.15) is 5.82 Å². The van der Waals surface area contributed by atoms with Gasteiger partial charge in [0.15, 0.2) is 0 Å². The maximum Gasteiger partial charge on any atom is 0.251 e. The summed E-state index contributed by atoms with van der Waals surface area (Å²) in [6, 6.07) is 7.71. The van der Waals surface area contributed by atoms with Crippen LogP contribution in [0.1, 0.15) is 44.9 Å². The number of hydrogen-bond acceptors (Lipinski definition) is 3. The molecule has 7 heteroatoms. The van der Waals surface area contributed by atoms with Crippen LogP contribution in [-0.2, 0) is 11.3 Å². The molecular weight excluding hydrogens is 463 g/mol. The predicted octanol–water partition coefficient (Wildman–Crippen LogP) is 4.35. The second kappa shape index (κ2) is 9.25. The largest absolute Gasteiger partial charge is 0.388 e. The number of rotatable bonds is 6. The highest BCUT2D eigenvalue weighted by molar-refractivity contribution is 9.10. The topological polar surface area (TPSA) is 62.5 Å². The molecule has 2 heterocycles. The van der Waals surface area contributed by atoms with Crippen molar-refractivity contribution in [1.29, 1.82) is 0 Å². The minimum Gasteiger partial charge on any atom is -0.388 e. The Morgan fingerprint density at radius 3 is 2.55 bits per heavy atom. The van der Waals surface area contributed by atoms with Crippen LogP contribution in [0.15, 0.2) is 45.8 Å². The third kappa shape index (κ3) is 5.09. The molecule has 0 radical (unpaired) electrons. The molecule has 4 rings (SSSR count). The van der Waals surface area contributed by atoms with E-state index in [4.69, 9.17) is 0 Å². The Balaban J connectivity index is 1.40. The normalized spacial score (nSPS) is 18.6. The standard InChI is InChI=1S/C24H28BrFN2O3/c25-20-15-28(23(30)14-19(20)18-6-1-2-7-21(18)26)16-24(31)10-12-27(13-11-24)22(29)9-8-17-4-3-5-17/h1-2,6-7,14-15,17,31H,3-5,8-13,16H2. The number of carbonyl (C=O) groups excluding carboxylic acids is 1. The molecule has 0 unspecified atom stereocenters. The SMILES string of the molecule is O=C(CCC1CCC1)N1CCC(O)(Cn2cc(Br)c(-c3ccccc3F)cc2=O)CC1. The summed E-state index contributed by atoms with van der Waals surface area (Å²) >= 11 is 3.44. The molecule has 1 saturated heterocycles. The zero-order valence-electron chi connectivity index (χ0n) is 17.5. The molecule has 2 aromatic rings. The summed E-state index contributed by atoms with van der Waals surface area (Å²) in [5, 5.41) is 11.1. The van der Waals surface area contributed by atoms with Crippen LogP contribution in [-0.4, -0.2) is 39.2 Å². The van der Waals surface area contributed by atoms with Crippen molar-refractivity contribution in [1.82, 2.24) is 9.47 Å². The number of aliphatic hydroxyl groups is 1. The molecule has 1 aliphatic heterocycles. The summed E-state index contributed by atoms with van der Waals surface area (Å²) in [5.74, 6) is 0.486. The number of amides is 1. The number of nitrogens with zero attached hydrogens (tertiary/aromatic N) is 2. The molecule has 2 fully saturated rings. The second-order valence-electron chi connectivity index (χ2n) is 8.92. The Bertz CT molecular complexity index is 1010. The number of likely N-dealkylation sites (tertiary alicyclic amines) is 1. The monoisotopic (exact) mass is 490 g/mol. The lowest BCUT2D eigenvalue weighted by molar-refractivity contribution is -0.136. The van der Waals surface area contributed by atoms with Crippen LogP contribution in [0.25, 0.3) is 11.1 Å². The first-order chi connectivity index (χ1) is 14.8. The molecule has 166 valence electrons. The summed E-state index contributed by atoms with van der Waals surface area (Å²) in [5.41, 5.74) is -0.508. The van der Waals surface area contributed by atoms with Crippen molar-refractivity contribution in [2.24, 2.45) is 5.92 Å².